The van der Waals surface area contributed by atoms with Crippen molar-refractivity contribution in [3.63, 3.8) is 0 Å². The zero-order valence-corrected chi connectivity index (χ0v) is 13.0. The molecule has 0 aromatic carbocycles. The molecule has 0 saturated heterocycles. The van der Waals surface area contributed by atoms with E-state index in [1.807, 2.05) is 19.9 Å². The van der Waals surface area contributed by atoms with Gasteiger partial charge in [-0.05, 0) is 45.6 Å². The molecule has 5 heteroatoms. The van der Waals surface area contributed by atoms with Crippen molar-refractivity contribution in [2.45, 2.75) is 45.6 Å². The van der Waals surface area contributed by atoms with Gasteiger partial charge in [-0.2, -0.15) is 5.10 Å². The Hall–Kier alpha value is -2.35. The van der Waals surface area contributed by atoms with E-state index in [0.29, 0.717) is 17.1 Å². The summed E-state index contributed by atoms with van der Waals surface area (Å²) in [5, 5.41) is 7.36. The van der Waals surface area contributed by atoms with E-state index in [9.17, 15) is 4.79 Å². The lowest BCUT2D eigenvalue weighted by molar-refractivity contribution is 0.0926. The van der Waals surface area contributed by atoms with Crippen LogP contribution in [0.3, 0.4) is 0 Å². The van der Waals surface area contributed by atoms with E-state index in [0.717, 1.165) is 37.1 Å². The Bertz CT molecular complexity index is 748. The monoisotopic (exact) mass is 296 g/mol. The van der Waals surface area contributed by atoms with Gasteiger partial charge >= 0.3 is 0 Å². The van der Waals surface area contributed by atoms with Crippen molar-refractivity contribution >= 4 is 11.6 Å². The Kier molecular flexibility index (Phi) is 3.84. The molecular formula is C17H20N4O. The highest BCUT2D eigenvalue weighted by Gasteiger charge is 2.23. The highest BCUT2D eigenvalue weighted by atomic mass is 16.1. The van der Waals surface area contributed by atoms with E-state index in [-0.39, 0.29) is 11.9 Å². The molecule has 114 valence electrons. The first-order valence-corrected chi connectivity index (χ1v) is 7.67. The molecule has 0 radical (unpaired) electrons. The summed E-state index contributed by atoms with van der Waals surface area (Å²) in [6.07, 6.45) is 10.9. The van der Waals surface area contributed by atoms with Crippen molar-refractivity contribution in [2.75, 3.05) is 0 Å². The third-order valence-electron chi connectivity index (χ3n) is 4.32. The standard InChI is InChI=1S/C17H20N4O/c1-4-13-5-7-14(8-6-13)20-17(22)15-10-18-21-12(3)9-11(2)19-16(15)21/h1,9-10,13-14H,5-8H2,2-3H3,(H,20,22). The predicted octanol–water partition coefficient (Wildman–Crippen LogP) is 2.27. The molecule has 5 nitrogen and oxygen atoms in total. The van der Waals surface area contributed by atoms with Crippen LogP contribution in [0.4, 0.5) is 0 Å². The van der Waals surface area contributed by atoms with E-state index in [4.69, 9.17) is 6.42 Å². The SMILES string of the molecule is C#CC1CCC(NC(=O)c2cnn3c(C)cc(C)nc23)CC1. The first-order chi connectivity index (χ1) is 10.6. The molecule has 0 unspecified atom stereocenters. The summed E-state index contributed by atoms with van der Waals surface area (Å²) in [7, 11) is 0. The van der Waals surface area contributed by atoms with Crippen LogP contribution in [0.1, 0.15) is 47.4 Å². The Morgan fingerprint density at radius 1 is 1.36 bits per heavy atom. The van der Waals surface area contributed by atoms with Crippen molar-refractivity contribution < 1.29 is 4.79 Å². The molecule has 1 fully saturated rings. The van der Waals surface area contributed by atoms with Crippen LogP contribution in [-0.2, 0) is 0 Å². The molecular weight excluding hydrogens is 276 g/mol. The Labute approximate surface area is 130 Å². The highest BCUT2D eigenvalue weighted by Crippen LogP contribution is 2.24. The molecule has 2 aromatic rings. The normalized spacial score (nSPS) is 21.5. The molecule has 1 aliphatic carbocycles. The average molecular weight is 296 g/mol. The van der Waals surface area contributed by atoms with Gasteiger partial charge < -0.3 is 5.32 Å². The Morgan fingerprint density at radius 3 is 2.77 bits per heavy atom. The summed E-state index contributed by atoms with van der Waals surface area (Å²) >= 11 is 0. The van der Waals surface area contributed by atoms with Crippen LogP contribution in [0.15, 0.2) is 12.3 Å². The molecule has 1 aliphatic rings. The van der Waals surface area contributed by atoms with Crippen LogP contribution in [-0.4, -0.2) is 26.5 Å². The lowest BCUT2D eigenvalue weighted by Crippen LogP contribution is -2.37. The summed E-state index contributed by atoms with van der Waals surface area (Å²) in [6.45, 7) is 3.88. The third-order valence-corrected chi connectivity index (χ3v) is 4.32. The second-order valence-corrected chi connectivity index (χ2v) is 6.02. The summed E-state index contributed by atoms with van der Waals surface area (Å²) in [5.41, 5.74) is 3.00. The van der Waals surface area contributed by atoms with E-state index in [1.54, 1.807) is 10.7 Å². The van der Waals surface area contributed by atoms with E-state index >= 15 is 0 Å². The number of rotatable bonds is 2. The van der Waals surface area contributed by atoms with Crippen molar-refractivity contribution in [2.24, 2.45) is 5.92 Å². The van der Waals surface area contributed by atoms with Gasteiger partial charge in [0.2, 0.25) is 0 Å². The Morgan fingerprint density at radius 2 is 2.09 bits per heavy atom. The molecule has 1 amide bonds. The van der Waals surface area contributed by atoms with Crippen LogP contribution >= 0.6 is 0 Å². The van der Waals surface area contributed by atoms with E-state index < -0.39 is 0 Å². The van der Waals surface area contributed by atoms with Gasteiger partial charge in [0.05, 0.1) is 6.20 Å². The van der Waals surface area contributed by atoms with Gasteiger partial charge in [-0.3, -0.25) is 4.79 Å². The maximum Gasteiger partial charge on any atom is 0.256 e. The number of aryl methyl sites for hydroxylation is 2. The van der Waals surface area contributed by atoms with Crippen LogP contribution in [0, 0.1) is 32.1 Å². The summed E-state index contributed by atoms with van der Waals surface area (Å²) in [4.78, 5) is 17.0. The van der Waals surface area contributed by atoms with Gasteiger partial charge in [0.25, 0.3) is 5.91 Å². The number of hydrogen-bond donors (Lipinski definition) is 1. The molecule has 22 heavy (non-hydrogen) atoms. The number of carbonyl (C=O) groups is 1. The number of nitrogens with zero attached hydrogens (tertiary/aromatic N) is 3. The van der Waals surface area contributed by atoms with Gasteiger partial charge in [-0.25, -0.2) is 9.50 Å². The van der Waals surface area contributed by atoms with Crippen LogP contribution in [0.5, 0.6) is 0 Å². The van der Waals surface area contributed by atoms with Crippen LogP contribution < -0.4 is 5.32 Å². The maximum absolute atomic E-state index is 12.5. The summed E-state index contributed by atoms with van der Waals surface area (Å²) in [6, 6.07) is 2.14. The summed E-state index contributed by atoms with van der Waals surface area (Å²) in [5.74, 6) is 3.06. The fraction of sp³-hybridized carbons (Fsp3) is 0.471. The molecule has 0 spiro atoms. The molecule has 1 saturated carbocycles. The molecule has 0 atom stereocenters. The topological polar surface area (TPSA) is 59.3 Å². The van der Waals surface area contributed by atoms with Gasteiger partial charge in [-0.15, -0.1) is 12.3 Å². The minimum atomic E-state index is -0.100. The van der Waals surface area contributed by atoms with Crippen molar-refractivity contribution in [3.8, 4) is 12.3 Å². The fourth-order valence-corrected chi connectivity index (χ4v) is 3.10. The number of nitrogens with one attached hydrogen (secondary N) is 1. The van der Waals surface area contributed by atoms with E-state index in [1.165, 1.54) is 0 Å². The zero-order valence-electron chi connectivity index (χ0n) is 13.0. The second kappa shape index (κ2) is 5.80. The third kappa shape index (κ3) is 2.69. The van der Waals surface area contributed by atoms with E-state index in [2.05, 4.69) is 21.3 Å². The molecule has 2 aromatic heterocycles. The quantitative estimate of drug-likeness (QED) is 0.865. The predicted molar refractivity (Wildman–Crippen MR) is 84.5 cm³/mol. The van der Waals surface area contributed by atoms with Crippen molar-refractivity contribution in [3.05, 3.63) is 29.2 Å². The molecule has 3 rings (SSSR count). The first-order valence-electron chi connectivity index (χ1n) is 7.67. The maximum atomic E-state index is 12.5. The van der Waals surface area contributed by atoms with Gasteiger partial charge in [0.15, 0.2) is 5.65 Å². The summed E-state index contributed by atoms with van der Waals surface area (Å²) < 4.78 is 1.71. The number of aromatic nitrogens is 3. The minimum Gasteiger partial charge on any atom is -0.349 e. The molecule has 0 bridgehead atoms. The number of carbonyl (C=O) groups excluding carboxylic acids is 1. The largest absolute Gasteiger partial charge is 0.349 e. The second-order valence-electron chi connectivity index (χ2n) is 6.02. The fourth-order valence-electron chi connectivity index (χ4n) is 3.10. The molecule has 0 aliphatic heterocycles. The average Bonchev–Trinajstić information content (AvgIpc) is 2.92. The van der Waals surface area contributed by atoms with Crippen LogP contribution in [0.25, 0.3) is 5.65 Å². The van der Waals surface area contributed by atoms with Crippen molar-refractivity contribution in [1.82, 2.24) is 19.9 Å². The lowest BCUT2D eigenvalue weighted by atomic mass is 9.86. The molecule has 1 N–H and O–H groups in total. The first kappa shape index (κ1) is 14.6. The van der Waals surface area contributed by atoms with Gasteiger partial charge in [0, 0.05) is 23.3 Å². The van der Waals surface area contributed by atoms with Gasteiger partial charge in [-0.1, -0.05) is 0 Å². The lowest BCUT2D eigenvalue weighted by Gasteiger charge is -2.26. The smallest absolute Gasteiger partial charge is 0.256 e. The zero-order chi connectivity index (χ0) is 15.7. The van der Waals surface area contributed by atoms with Crippen LogP contribution in [0.2, 0.25) is 0 Å². The number of amides is 1. The Balaban J connectivity index is 1.77. The van der Waals surface area contributed by atoms with Gasteiger partial charge in [0.1, 0.15) is 5.56 Å². The van der Waals surface area contributed by atoms with Crippen molar-refractivity contribution in [1.29, 1.82) is 0 Å². The number of hydrogen-bond acceptors (Lipinski definition) is 3. The number of fused-ring (bicyclic) bond motifs is 1. The minimum absolute atomic E-state index is 0.100. The molecule has 2 heterocycles. The highest BCUT2D eigenvalue weighted by molar-refractivity contribution is 5.99. The number of terminal acetylenes is 1.